The predicted octanol–water partition coefficient (Wildman–Crippen LogP) is 3.18. The van der Waals surface area contributed by atoms with Gasteiger partial charge in [0.2, 0.25) is 0 Å². The van der Waals surface area contributed by atoms with Crippen molar-refractivity contribution < 1.29 is 4.39 Å². The van der Waals surface area contributed by atoms with E-state index in [-0.39, 0.29) is 5.82 Å². The lowest BCUT2D eigenvalue weighted by Gasteiger charge is -2.34. The molecular formula is C19H26FN5S. The van der Waals surface area contributed by atoms with Gasteiger partial charge in [-0.2, -0.15) is 0 Å². The lowest BCUT2D eigenvalue weighted by Crippen LogP contribution is -2.48. The van der Waals surface area contributed by atoms with Crippen molar-refractivity contribution in [1.29, 1.82) is 0 Å². The van der Waals surface area contributed by atoms with Crippen molar-refractivity contribution in [2.75, 3.05) is 25.0 Å². The van der Waals surface area contributed by atoms with Gasteiger partial charge in [0.25, 0.3) is 0 Å². The number of aliphatic imine (C=N–C) groups is 1. The molecule has 26 heavy (non-hydrogen) atoms. The number of nitrogens with one attached hydrogen (secondary N) is 2. The first-order valence-corrected chi connectivity index (χ1v) is 9.91. The number of aryl methyl sites for hydroxylation is 1. The number of nitrogens with zero attached hydrogens (tertiary/aromatic N) is 3. The molecule has 1 fully saturated rings. The number of rotatable bonds is 5. The molecular weight excluding hydrogens is 349 g/mol. The highest BCUT2D eigenvalue weighted by atomic mass is 32.1. The van der Waals surface area contributed by atoms with E-state index >= 15 is 0 Å². The first-order valence-electron chi connectivity index (χ1n) is 9.09. The minimum atomic E-state index is -0.180. The molecule has 1 aliphatic rings. The zero-order chi connectivity index (χ0) is 18.4. The number of anilines is 1. The van der Waals surface area contributed by atoms with E-state index in [1.54, 1.807) is 30.5 Å². The number of benzene rings is 1. The van der Waals surface area contributed by atoms with E-state index in [1.807, 2.05) is 12.3 Å². The van der Waals surface area contributed by atoms with Gasteiger partial charge in [0.15, 0.2) is 5.96 Å². The molecule has 0 bridgehead atoms. The molecule has 0 radical (unpaired) electrons. The van der Waals surface area contributed by atoms with Crippen LogP contribution in [0.4, 0.5) is 10.1 Å². The van der Waals surface area contributed by atoms with Crippen LogP contribution in [-0.4, -0.2) is 37.1 Å². The fraction of sp³-hybridized carbons (Fsp3) is 0.474. The molecule has 0 amide bonds. The zero-order valence-electron chi connectivity index (χ0n) is 15.3. The molecule has 1 saturated heterocycles. The SMILES string of the molecule is CCc1cnc(CNC(=NC)NC2CCN(c3cccc(F)c3)CC2)s1. The lowest BCUT2D eigenvalue weighted by atomic mass is 10.0. The van der Waals surface area contributed by atoms with Gasteiger partial charge in [-0.1, -0.05) is 13.0 Å². The summed E-state index contributed by atoms with van der Waals surface area (Å²) in [4.78, 5) is 12.3. The number of guanidine groups is 1. The molecule has 0 spiro atoms. The van der Waals surface area contributed by atoms with Gasteiger partial charge in [0.05, 0.1) is 6.54 Å². The van der Waals surface area contributed by atoms with Crippen LogP contribution >= 0.6 is 11.3 Å². The Morgan fingerprint density at radius 2 is 2.19 bits per heavy atom. The summed E-state index contributed by atoms with van der Waals surface area (Å²) in [6, 6.07) is 7.19. The van der Waals surface area contributed by atoms with Gasteiger partial charge in [-0.15, -0.1) is 11.3 Å². The predicted molar refractivity (Wildman–Crippen MR) is 106 cm³/mol. The topological polar surface area (TPSA) is 52.6 Å². The summed E-state index contributed by atoms with van der Waals surface area (Å²) in [5.74, 6) is 0.628. The third kappa shape index (κ3) is 4.94. The van der Waals surface area contributed by atoms with Gasteiger partial charge in [0.1, 0.15) is 10.8 Å². The highest BCUT2D eigenvalue weighted by Crippen LogP contribution is 2.20. The van der Waals surface area contributed by atoms with E-state index in [2.05, 4.69) is 32.4 Å². The van der Waals surface area contributed by atoms with Crippen molar-refractivity contribution in [3.63, 3.8) is 0 Å². The van der Waals surface area contributed by atoms with Crippen LogP contribution in [0.5, 0.6) is 0 Å². The van der Waals surface area contributed by atoms with Gasteiger partial charge in [0, 0.05) is 42.9 Å². The fourth-order valence-electron chi connectivity index (χ4n) is 3.10. The van der Waals surface area contributed by atoms with E-state index in [0.717, 1.165) is 49.0 Å². The van der Waals surface area contributed by atoms with Crippen LogP contribution in [0.1, 0.15) is 29.7 Å². The fourth-order valence-corrected chi connectivity index (χ4v) is 3.90. The quantitative estimate of drug-likeness (QED) is 0.623. The smallest absolute Gasteiger partial charge is 0.191 e. The molecule has 2 heterocycles. The van der Waals surface area contributed by atoms with Gasteiger partial charge in [-0.05, 0) is 37.5 Å². The number of hydrogen-bond acceptors (Lipinski definition) is 4. The summed E-state index contributed by atoms with van der Waals surface area (Å²) in [6.07, 6.45) is 4.96. The van der Waals surface area contributed by atoms with Crippen LogP contribution < -0.4 is 15.5 Å². The minimum absolute atomic E-state index is 0.180. The average Bonchev–Trinajstić information content (AvgIpc) is 3.14. The summed E-state index contributed by atoms with van der Waals surface area (Å²) < 4.78 is 13.4. The first kappa shape index (κ1) is 18.6. The third-order valence-corrected chi connectivity index (χ3v) is 5.73. The normalized spacial score (nSPS) is 16.0. The number of aromatic nitrogens is 1. The average molecular weight is 376 g/mol. The summed E-state index contributed by atoms with van der Waals surface area (Å²) in [6.45, 7) is 4.64. The van der Waals surface area contributed by atoms with E-state index in [1.165, 1.54) is 10.9 Å². The second-order valence-electron chi connectivity index (χ2n) is 6.39. The van der Waals surface area contributed by atoms with E-state index < -0.39 is 0 Å². The molecule has 2 N–H and O–H groups in total. The van der Waals surface area contributed by atoms with Crippen molar-refractivity contribution >= 4 is 23.0 Å². The van der Waals surface area contributed by atoms with Crippen LogP contribution in [0.25, 0.3) is 0 Å². The van der Waals surface area contributed by atoms with E-state index in [4.69, 9.17) is 0 Å². The minimum Gasteiger partial charge on any atom is -0.371 e. The number of hydrogen-bond donors (Lipinski definition) is 2. The molecule has 1 aliphatic heterocycles. The molecule has 1 aromatic heterocycles. The molecule has 140 valence electrons. The highest BCUT2D eigenvalue weighted by molar-refractivity contribution is 7.11. The van der Waals surface area contributed by atoms with Gasteiger partial charge >= 0.3 is 0 Å². The Labute approximate surface area is 158 Å². The van der Waals surface area contributed by atoms with Gasteiger partial charge in [-0.25, -0.2) is 9.37 Å². The Hall–Kier alpha value is -2.15. The van der Waals surface area contributed by atoms with Crippen LogP contribution in [0.15, 0.2) is 35.5 Å². The molecule has 5 nitrogen and oxygen atoms in total. The van der Waals surface area contributed by atoms with Crippen molar-refractivity contribution in [2.24, 2.45) is 4.99 Å². The molecule has 1 aromatic carbocycles. The Kier molecular flexibility index (Phi) is 6.44. The summed E-state index contributed by atoms with van der Waals surface area (Å²) in [5.41, 5.74) is 0.960. The van der Waals surface area contributed by atoms with Crippen LogP contribution in [0.3, 0.4) is 0 Å². The van der Waals surface area contributed by atoms with Crippen LogP contribution in [-0.2, 0) is 13.0 Å². The maximum atomic E-state index is 13.4. The van der Waals surface area contributed by atoms with Crippen LogP contribution in [0, 0.1) is 5.82 Å². The second-order valence-corrected chi connectivity index (χ2v) is 7.58. The van der Waals surface area contributed by atoms with Crippen molar-refractivity contribution in [3.05, 3.63) is 46.2 Å². The highest BCUT2D eigenvalue weighted by Gasteiger charge is 2.20. The summed E-state index contributed by atoms with van der Waals surface area (Å²) in [7, 11) is 1.79. The number of piperidine rings is 1. The van der Waals surface area contributed by atoms with Crippen LogP contribution in [0.2, 0.25) is 0 Å². The van der Waals surface area contributed by atoms with Gasteiger partial charge in [-0.3, -0.25) is 4.99 Å². The standard InChI is InChI=1S/C19H26FN5S/c1-3-17-12-22-18(26-17)13-23-19(21-2)24-15-7-9-25(10-8-15)16-6-4-5-14(20)11-16/h4-6,11-12,15H,3,7-10,13H2,1-2H3,(H2,21,23,24). The molecule has 0 atom stereocenters. The molecule has 3 rings (SSSR count). The maximum Gasteiger partial charge on any atom is 0.191 e. The Morgan fingerprint density at radius 3 is 2.85 bits per heavy atom. The van der Waals surface area contributed by atoms with Crippen molar-refractivity contribution in [3.8, 4) is 0 Å². The lowest BCUT2D eigenvalue weighted by molar-refractivity contribution is 0.461. The van der Waals surface area contributed by atoms with Crippen molar-refractivity contribution in [2.45, 2.75) is 38.8 Å². The van der Waals surface area contributed by atoms with E-state index in [0.29, 0.717) is 12.6 Å². The van der Waals surface area contributed by atoms with Crippen molar-refractivity contribution in [1.82, 2.24) is 15.6 Å². The number of halogens is 1. The maximum absolute atomic E-state index is 13.4. The van der Waals surface area contributed by atoms with Gasteiger partial charge < -0.3 is 15.5 Å². The summed E-state index contributed by atoms with van der Waals surface area (Å²) >= 11 is 1.74. The first-order chi connectivity index (χ1) is 12.7. The molecule has 0 saturated carbocycles. The largest absolute Gasteiger partial charge is 0.371 e. The number of thiazole rings is 1. The Balaban J connectivity index is 1.46. The second kappa shape index (κ2) is 8.98. The molecule has 2 aromatic rings. The molecule has 0 aliphatic carbocycles. The third-order valence-electron chi connectivity index (χ3n) is 4.59. The monoisotopic (exact) mass is 375 g/mol. The molecule has 7 heteroatoms. The zero-order valence-corrected chi connectivity index (χ0v) is 16.2. The Morgan fingerprint density at radius 1 is 1.38 bits per heavy atom. The molecule has 0 unspecified atom stereocenters. The Bertz CT molecular complexity index is 737. The summed E-state index contributed by atoms with van der Waals surface area (Å²) in [5, 5.41) is 7.91. The van der Waals surface area contributed by atoms with E-state index in [9.17, 15) is 4.39 Å².